The van der Waals surface area contributed by atoms with Gasteiger partial charge in [-0.2, -0.15) is 0 Å². The number of hydrogen-bond donors (Lipinski definition) is 0. The molecular weight excluding hydrogens is 376 g/mol. The highest BCUT2D eigenvalue weighted by Gasteiger charge is 2.32. The Morgan fingerprint density at radius 3 is 2.73 bits per heavy atom. The lowest BCUT2D eigenvalue weighted by atomic mass is 10.2. The number of aromatic nitrogens is 3. The molecule has 10 heteroatoms. The Bertz CT molecular complexity index is 880. The third kappa shape index (κ3) is 4.18. The highest BCUT2D eigenvalue weighted by molar-refractivity contribution is 7.99. The first-order valence-electron chi connectivity index (χ1n) is 8.03. The van der Waals surface area contributed by atoms with Gasteiger partial charge in [-0.25, -0.2) is 8.42 Å². The van der Waals surface area contributed by atoms with E-state index in [2.05, 4.69) is 10.2 Å². The molecule has 1 aromatic heterocycles. The smallest absolute Gasteiger partial charge is 0.233 e. The molecule has 1 aliphatic heterocycles. The Balaban J connectivity index is 1.63. The first-order valence-corrected chi connectivity index (χ1v) is 10.8. The molecule has 1 aliphatic rings. The van der Waals surface area contributed by atoms with Gasteiger partial charge in [-0.15, -0.1) is 10.2 Å². The maximum absolute atomic E-state index is 12.4. The predicted molar refractivity (Wildman–Crippen MR) is 98.5 cm³/mol. The molecule has 8 nitrogen and oxygen atoms in total. The van der Waals surface area contributed by atoms with Crippen LogP contribution < -0.4 is 4.74 Å². The van der Waals surface area contributed by atoms with Crippen molar-refractivity contribution in [3.63, 3.8) is 0 Å². The second-order valence-electron chi connectivity index (χ2n) is 6.03. The van der Waals surface area contributed by atoms with E-state index in [-0.39, 0.29) is 29.2 Å². The maximum Gasteiger partial charge on any atom is 0.233 e. The minimum atomic E-state index is -3.02. The molecule has 1 saturated heterocycles. The van der Waals surface area contributed by atoms with Gasteiger partial charge in [0, 0.05) is 18.8 Å². The van der Waals surface area contributed by atoms with E-state index in [1.54, 1.807) is 25.1 Å². The van der Waals surface area contributed by atoms with Gasteiger partial charge in [0.05, 0.1) is 24.4 Å². The molecule has 0 spiro atoms. The summed E-state index contributed by atoms with van der Waals surface area (Å²) in [6, 6.07) is 7.19. The first-order chi connectivity index (χ1) is 12.4. The number of benzene rings is 1. The summed E-state index contributed by atoms with van der Waals surface area (Å²) in [5.41, 5.74) is 0.862. The number of amides is 1. The molecule has 1 atom stereocenters. The van der Waals surface area contributed by atoms with E-state index in [9.17, 15) is 13.2 Å². The van der Waals surface area contributed by atoms with Crippen molar-refractivity contribution in [1.82, 2.24) is 19.7 Å². The second-order valence-corrected chi connectivity index (χ2v) is 9.20. The highest BCUT2D eigenvalue weighted by atomic mass is 32.2. The van der Waals surface area contributed by atoms with Crippen LogP contribution in [0.3, 0.4) is 0 Å². The quantitative estimate of drug-likeness (QED) is 0.673. The fraction of sp³-hybridized carbons (Fsp3) is 0.438. The lowest BCUT2D eigenvalue weighted by molar-refractivity contribution is -0.128. The zero-order chi connectivity index (χ0) is 18.7. The van der Waals surface area contributed by atoms with Crippen molar-refractivity contribution in [2.24, 2.45) is 0 Å². The number of thioether (sulfide) groups is 1. The van der Waals surface area contributed by atoms with Gasteiger partial charge in [0.15, 0.2) is 15.0 Å². The molecule has 3 rings (SSSR count). The van der Waals surface area contributed by atoms with Crippen molar-refractivity contribution in [3.8, 4) is 11.4 Å². The van der Waals surface area contributed by atoms with E-state index in [4.69, 9.17) is 4.74 Å². The summed E-state index contributed by atoms with van der Waals surface area (Å²) in [4.78, 5) is 13.9. The van der Waals surface area contributed by atoms with Crippen molar-refractivity contribution in [1.29, 1.82) is 0 Å². The first kappa shape index (κ1) is 18.7. The van der Waals surface area contributed by atoms with Gasteiger partial charge >= 0.3 is 0 Å². The summed E-state index contributed by atoms with van der Waals surface area (Å²) in [5, 5.41) is 8.58. The minimum Gasteiger partial charge on any atom is -0.497 e. The van der Waals surface area contributed by atoms with Gasteiger partial charge in [0.1, 0.15) is 12.1 Å². The van der Waals surface area contributed by atoms with Crippen molar-refractivity contribution in [2.45, 2.75) is 17.6 Å². The summed E-state index contributed by atoms with van der Waals surface area (Å²) in [6.45, 7) is 0. The number of carbonyl (C=O) groups is 1. The zero-order valence-electron chi connectivity index (χ0n) is 14.5. The summed E-state index contributed by atoms with van der Waals surface area (Å²) in [5.74, 6) is 0.985. The van der Waals surface area contributed by atoms with Crippen molar-refractivity contribution in [2.75, 3.05) is 31.4 Å². The summed E-state index contributed by atoms with van der Waals surface area (Å²) in [7, 11) is 0.241. The topological polar surface area (TPSA) is 94.4 Å². The van der Waals surface area contributed by atoms with E-state index < -0.39 is 9.84 Å². The third-order valence-corrected chi connectivity index (χ3v) is 7.02. The standard InChI is InChI=1S/C16H20N4O4S2/c1-19(13-7-8-26(22,23)10-13)15(21)9-25-16-18-17-11-20(16)12-3-5-14(24-2)6-4-12/h3-6,11,13H,7-10H2,1-2H3/t13-/m1/s1. The number of rotatable bonds is 6. The zero-order valence-corrected chi connectivity index (χ0v) is 16.2. The summed E-state index contributed by atoms with van der Waals surface area (Å²) < 4.78 is 30.1. The average Bonchev–Trinajstić information content (AvgIpc) is 3.25. The monoisotopic (exact) mass is 396 g/mol. The largest absolute Gasteiger partial charge is 0.497 e. The molecule has 0 saturated carbocycles. The van der Waals surface area contributed by atoms with E-state index >= 15 is 0 Å². The van der Waals surface area contributed by atoms with Gasteiger partial charge < -0.3 is 9.64 Å². The minimum absolute atomic E-state index is 0.0436. The van der Waals surface area contributed by atoms with Gasteiger partial charge in [0.2, 0.25) is 5.91 Å². The Hall–Kier alpha value is -2.07. The molecule has 2 heterocycles. The SMILES string of the molecule is COc1ccc(-n2cnnc2SCC(=O)N(C)[C@@H]2CCS(=O)(=O)C2)cc1. The summed E-state index contributed by atoms with van der Waals surface area (Å²) in [6.07, 6.45) is 2.08. The fourth-order valence-electron chi connectivity index (χ4n) is 2.76. The Morgan fingerprint density at radius 1 is 1.38 bits per heavy atom. The molecule has 2 aromatic rings. The lowest BCUT2D eigenvalue weighted by Crippen LogP contribution is -2.38. The Morgan fingerprint density at radius 2 is 2.12 bits per heavy atom. The Labute approximate surface area is 156 Å². The van der Waals surface area contributed by atoms with Crippen LogP contribution in [0.25, 0.3) is 5.69 Å². The normalized spacial score (nSPS) is 18.6. The van der Waals surface area contributed by atoms with Crippen LogP contribution in [0.1, 0.15) is 6.42 Å². The molecular formula is C16H20N4O4S2. The van der Waals surface area contributed by atoms with Crippen molar-refractivity contribution < 1.29 is 17.9 Å². The summed E-state index contributed by atoms with van der Waals surface area (Å²) >= 11 is 1.27. The third-order valence-electron chi connectivity index (χ3n) is 4.34. The van der Waals surface area contributed by atoms with Crippen LogP contribution in [0.4, 0.5) is 0 Å². The maximum atomic E-state index is 12.4. The highest BCUT2D eigenvalue weighted by Crippen LogP contribution is 2.23. The van der Waals surface area contributed by atoms with E-state index in [0.29, 0.717) is 11.6 Å². The van der Waals surface area contributed by atoms with Crippen molar-refractivity contribution >= 4 is 27.5 Å². The van der Waals surface area contributed by atoms with Gasteiger partial charge in [-0.3, -0.25) is 9.36 Å². The van der Waals surface area contributed by atoms with Crippen LogP contribution >= 0.6 is 11.8 Å². The van der Waals surface area contributed by atoms with E-state index in [1.807, 2.05) is 24.3 Å². The fourth-order valence-corrected chi connectivity index (χ4v) is 5.38. The molecule has 0 aliphatic carbocycles. The molecule has 26 heavy (non-hydrogen) atoms. The molecule has 0 bridgehead atoms. The van der Waals surface area contributed by atoms with Gasteiger partial charge in [0.25, 0.3) is 0 Å². The molecule has 1 fully saturated rings. The molecule has 0 unspecified atom stereocenters. The van der Waals surface area contributed by atoms with Crippen LogP contribution in [0.5, 0.6) is 5.75 Å². The molecule has 140 valence electrons. The Kier molecular flexibility index (Phi) is 5.52. The van der Waals surface area contributed by atoms with Crippen molar-refractivity contribution in [3.05, 3.63) is 30.6 Å². The number of methoxy groups -OCH3 is 1. The van der Waals surface area contributed by atoms with Gasteiger partial charge in [-0.1, -0.05) is 11.8 Å². The number of ether oxygens (including phenoxy) is 1. The second kappa shape index (κ2) is 7.67. The lowest BCUT2D eigenvalue weighted by Gasteiger charge is -2.23. The van der Waals surface area contributed by atoms with Crippen LogP contribution in [0.2, 0.25) is 0 Å². The van der Waals surface area contributed by atoms with Gasteiger partial charge in [-0.05, 0) is 30.7 Å². The number of sulfone groups is 1. The molecule has 0 N–H and O–H groups in total. The van der Waals surface area contributed by atoms with Crippen LogP contribution in [0.15, 0.2) is 35.7 Å². The number of hydrogen-bond acceptors (Lipinski definition) is 7. The van der Waals surface area contributed by atoms with E-state index in [0.717, 1.165) is 11.4 Å². The van der Waals surface area contributed by atoms with Crippen LogP contribution in [0, 0.1) is 0 Å². The number of nitrogens with zero attached hydrogens (tertiary/aromatic N) is 4. The van der Waals surface area contributed by atoms with E-state index in [1.165, 1.54) is 16.7 Å². The molecule has 0 radical (unpaired) electrons. The predicted octanol–water partition coefficient (Wildman–Crippen LogP) is 1.01. The molecule has 1 amide bonds. The van der Waals surface area contributed by atoms with Crippen LogP contribution in [-0.4, -0.2) is 71.4 Å². The molecule has 1 aromatic carbocycles. The number of carbonyl (C=O) groups excluding carboxylic acids is 1. The van der Waals surface area contributed by atoms with Crippen LogP contribution in [-0.2, 0) is 14.6 Å². The average molecular weight is 396 g/mol.